The molecular formula is C20H23NO3S. The van der Waals surface area contributed by atoms with Crippen LogP contribution in [0.1, 0.15) is 39.7 Å². The maximum Gasteiger partial charge on any atom is 0.227 e. The molecule has 0 radical (unpaired) electrons. The third-order valence-electron chi connectivity index (χ3n) is 4.72. The number of amides is 1. The summed E-state index contributed by atoms with van der Waals surface area (Å²) in [5, 5.41) is 11.0. The van der Waals surface area contributed by atoms with Crippen LogP contribution in [-0.4, -0.2) is 34.8 Å². The summed E-state index contributed by atoms with van der Waals surface area (Å²) in [4.78, 5) is 26.5. The van der Waals surface area contributed by atoms with Gasteiger partial charge in [0.05, 0.1) is 17.9 Å². The molecule has 4 nitrogen and oxygen atoms in total. The van der Waals surface area contributed by atoms with E-state index in [4.69, 9.17) is 5.11 Å². The second-order valence-corrected chi connectivity index (χ2v) is 7.64. The van der Waals surface area contributed by atoms with E-state index in [0.717, 1.165) is 37.1 Å². The molecule has 1 N–H and O–H groups in total. The SMILES string of the molecule is CC(=O)c1cc(CC(=O)N2CCC(Cc3ccc(CO)cc3)C2)cs1. The number of carbonyl (C=O) groups is 2. The smallest absolute Gasteiger partial charge is 0.227 e. The lowest BCUT2D eigenvalue weighted by Crippen LogP contribution is -2.30. The van der Waals surface area contributed by atoms with Crippen molar-refractivity contribution in [1.82, 2.24) is 4.90 Å². The number of likely N-dealkylation sites (tertiary alicyclic amines) is 1. The summed E-state index contributed by atoms with van der Waals surface area (Å²) in [7, 11) is 0. The van der Waals surface area contributed by atoms with Gasteiger partial charge in [-0.25, -0.2) is 0 Å². The highest BCUT2D eigenvalue weighted by atomic mass is 32.1. The van der Waals surface area contributed by atoms with Crippen LogP contribution in [-0.2, 0) is 24.2 Å². The topological polar surface area (TPSA) is 57.6 Å². The summed E-state index contributed by atoms with van der Waals surface area (Å²) in [6.45, 7) is 3.22. The van der Waals surface area contributed by atoms with Crippen LogP contribution in [0.5, 0.6) is 0 Å². The van der Waals surface area contributed by atoms with E-state index in [0.29, 0.717) is 17.2 Å². The van der Waals surface area contributed by atoms with Gasteiger partial charge in [-0.2, -0.15) is 0 Å². The van der Waals surface area contributed by atoms with E-state index in [1.165, 1.54) is 16.9 Å². The highest BCUT2D eigenvalue weighted by Crippen LogP contribution is 2.23. The van der Waals surface area contributed by atoms with Crippen molar-refractivity contribution in [2.75, 3.05) is 13.1 Å². The van der Waals surface area contributed by atoms with Crippen LogP contribution in [0.25, 0.3) is 0 Å². The molecule has 0 aliphatic carbocycles. The first-order chi connectivity index (χ1) is 12.0. The van der Waals surface area contributed by atoms with E-state index in [1.807, 2.05) is 28.5 Å². The highest BCUT2D eigenvalue weighted by molar-refractivity contribution is 7.12. The molecule has 25 heavy (non-hydrogen) atoms. The molecule has 3 rings (SSSR count). The molecule has 1 aromatic carbocycles. The van der Waals surface area contributed by atoms with E-state index < -0.39 is 0 Å². The molecule has 0 saturated carbocycles. The zero-order valence-electron chi connectivity index (χ0n) is 14.4. The van der Waals surface area contributed by atoms with Gasteiger partial charge in [-0.3, -0.25) is 9.59 Å². The molecule has 1 aliphatic rings. The van der Waals surface area contributed by atoms with Crippen LogP contribution in [0, 0.1) is 5.92 Å². The number of Topliss-reactive ketones (excluding diaryl/α,β-unsaturated/α-hetero) is 1. The standard InChI is InChI=1S/C20H23NO3S/c1-14(23)19-9-18(13-25-19)10-20(24)21-7-6-17(11-21)8-15-2-4-16(12-22)5-3-15/h2-5,9,13,17,22H,6-8,10-12H2,1H3. The summed E-state index contributed by atoms with van der Waals surface area (Å²) in [5.74, 6) is 0.683. The summed E-state index contributed by atoms with van der Waals surface area (Å²) in [6, 6.07) is 9.86. The number of aliphatic hydroxyl groups is 1. The summed E-state index contributed by atoms with van der Waals surface area (Å²) >= 11 is 1.41. The fourth-order valence-corrected chi connectivity index (χ4v) is 4.09. The van der Waals surface area contributed by atoms with E-state index >= 15 is 0 Å². The largest absolute Gasteiger partial charge is 0.392 e. The van der Waals surface area contributed by atoms with Crippen molar-refractivity contribution in [3.8, 4) is 0 Å². The number of carbonyl (C=O) groups excluding carboxylic acids is 2. The maximum atomic E-state index is 12.5. The molecular weight excluding hydrogens is 334 g/mol. The monoisotopic (exact) mass is 357 g/mol. The third-order valence-corrected chi connectivity index (χ3v) is 5.80. The molecule has 1 aliphatic heterocycles. The van der Waals surface area contributed by atoms with E-state index in [-0.39, 0.29) is 18.3 Å². The predicted octanol–water partition coefficient (Wildman–Crippen LogP) is 3.08. The highest BCUT2D eigenvalue weighted by Gasteiger charge is 2.26. The second-order valence-electron chi connectivity index (χ2n) is 6.73. The van der Waals surface area contributed by atoms with Gasteiger partial charge >= 0.3 is 0 Å². The summed E-state index contributed by atoms with van der Waals surface area (Å²) in [5.41, 5.74) is 3.11. The van der Waals surface area contributed by atoms with Crippen LogP contribution in [0.3, 0.4) is 0 Å². The molecule has 1 amide bonds. The minimum absolute atomic E-state index is 0.0529. The van der Waals surface area contributed by atoms with Crippen molar-refractivity contribution in [3.05, 3.63) is 57.3 Å². The quantitative estimate of drug-likeness (QED) is 0.809. The molecule has 132 valence electrons. The lowest BCUT2D eigenvalue weighted by atomic mass is 9.98. The van der Waals surface area contributed by atoms with Crippen LogP contribution in [0.2, 0.25) is 0 Å². The van der Waals surface area contributed by atoms with E-state index in [1.54, 1.807) is 6.92 Å². The minimum Gasteiger partial charge on any atom is -0.392 e. The van der Waals surface area contributed by atoms with Crippen LogP contribution < -0.4 is 0 Å². The molecule has 1 atom stereocenters. The number of benzene rings is 1. The van der Waals surface area contributed by atoms with Crippen molar-refractivity contribution < 1.29 is 14.7 Å². The molecule has 1 aromatic heterocycles. The Bertz CT molecular complexity index is 751. The van der Waals surface area contributed by atoms with Crippen LogP contribution >= 0.6 is 11.3 Å². The molecule has 0 bridgehead atoms. The van der Waals surface area contributed by atoms with Crippen LogP contribution in [0.4, 0.5) is 0 Å². The number of hydrogen-bond acceptors (Lipinski definition) is 4. The average molecular weight is 357 g/mol. The molecule has 1 fully saturated rings. The van der Waals surface area contributed by atoms with Gasteiger partial charge in [-0.1, -0.05) is 24.3 Å². The number of nitrogens with zero attached hydrogens (tertiary/aromatic N) is 1. The number of aliphatic hydroxyl groups excluding tert-OH is 1. The number of hydrogen-bond donors (Lipinski definition) is 1. The Hall–Kier alpha value is -1.98. The van der Waals surface area contributed by atoms with Crippen molar-refractivity contribution in [2.24, 2.45) is 5.92 Å². The molecule has 1 saturated heterocycles. The zero-order valence-corrected chi connectivity index (χ0v) is 15.2. The Morgan fingerprint density at radius 1 is 1.20 bits per heavy atom. The van der Waals surface area contributed by atoms with Gasteiger partial charge in [0, 0.05) is 13.1 Å². The van der Waals surface area contributed by atoms with E-state index in [2.05, 4.69) is 12.1 Å². The second kappa shape index (κ2) is 7.93. The Morgan fingerprint density at radius 2 is 1.92 bits per heavy atom. The third kappa shape index (κ3) is 4.55. The molecule has 2 heterocycles. The Labute approximate surface area is 152 Å². The van der Waals surface area contributed by atoms with Gasteiger partial charge in [-0.05, 0) is 53.8 Å². The lowest BCUT2D eigenvalue weighted by molar-refractivity contribution is -0.129. The first-order valence-corrected chi connectivity index (χ1v) is 9.48. The minimum atomic E-state index is 0.0529. The predicted molar refractivity (Wildman–Crippen MR) is 98.8 cm³/mol. The zero-order chi connectivity index (χ0) is 17.8. The van der Waals surface area contributed by atoms with Crippen molar-refractivity contribution in [2.45, 2.75) is 32.8 Å². The Kier molecular flexibility index (Phi) is 5.66. The molecule has 5 heteroatoms. The van der Waals surface area contributed by atoms with Crippen molar-refractivity contribution in [3.63, 3.8) is 0 Å². The fraction of sp³-hybridized carbons (Fsp3) is 0.400. The van der Waals surface area contributed by atoms with Gasteiger partial charge in [0.15, 0.2) is 5.78 Å². The summed E-state index contributed by atoms with van der Waals surface area (Å²) in [6.07, 6.45) is 2.36. The van der Waals surface area contributed by atoms with Crippen LogP contribution in [0.15, 0.2) is 35.7 Å². The molecule has 2 aromatic rings. The van der Waals surface area contributed by atoms with Crippen molar-refractivity contribution >= 4 is 23.0 Å². The van der Waals surface area contributed by atoms with Gasteiger partial charge in [0.2, 0.25) is 5.91 Å². The summed E-state index contributed by atoms with van der Waals surface area (Å²) < 4.78 is 0. The first kappa shape index (κ1) is 17.8. The Balaban J connectivity index is 1.52. The van der Waals surface area contributed by atoms with Gasteiger partial charge in [-0.15, -0.1) is 11.3 Å². The number of thiophene rings is 1. The number of rotatable bonds is 6. The number of ketones is 1. The first-order valence-electron chi connectivity index (χ1n) is 8.60. The fourth-order valence-electron chi connectivity index (χ4n) is 3.28. The van der Waals surface area contributed by atoms with Crippen molar-refractivity contribution in [1.29, 1.82) is 0 Å². The average Bonchev–Trinajstić information content (AvgIpc) is 3.25. The van der Waals surface area contributed by atoms with E-state index in [9.17, 15) is 9.59 Å². The molecule has 1 unspecified atom stereocenters. The van der Waals surface area contributed by atoms with Gasteiger partial charge < -0.3 is 10.0 Å². The van der Waals surface area contributed by atoms with Gasteiger partial charge in [0.25, 0.3) is 0 Å². The lowest BCUT2D eigenvalue weighted by Gasteiger charge is -2.16. The Morgan fingerprint density at radius 3 is 2.56 bits per heavy atom. The maximum absolute atomic E-state index is 12.5. The molecule has 0 spiro atoms. The normalized spacial score (nSPS) is 17.0. The van der Waals surface area contributed by atoms with Gasteiger partial charge in [0.1, 0.15) is 0 Å².